The minimum Gasteiger partial charge on any atom is -0.462 e. The fourth-order valence-electron chi connectivity index (χ4n) is 2.53. The molecule has 0 rings (SSSR count). The molecule has 0 aromatic carbocycles. The van der Waals surface area contributed by atoms with Gasteiger partial charge in [0.15, 0.2) is 6.10 Å². The predicted molar refractivity (Wildman–Crippen MR) is 105 cm³/mol. The molecule has 0 aliphatic heterocycles. The van der Waals surface area contributed by atoms with Crippen molar-refractivity contribution in [2.45, 2.75) is 97.0 Å². The van der Waals surface area contributed by atoms with E-state index in [2.05, 4.69) is 18.0 Å². The molecule has 1 N–H and O–H groups in total. The van der Waals surface area contributed by atoms with E-state index in [-0.39, 0.29) is 19.4 Å². The van der Waals surface area contributed by atoms with Crippen LogP contribution in [0.4, 0.5) is 0 Å². The Balaban J connectivity index is 4.28. The molecular formula is C19H36O8S. The van der Waals surface area contributed by atoms with Crippen molar-refractivity contribution in [3.63, 3.8) is 0 Å². The Labute approximate surface area is 169 Å². The smallest absolute Gasteiger partial charge is 0.397 e. The third-order valence-electron chi connectivity index (χ3n) is 4.10. The van der Waals surface area contributed by atoms with Gasteiger partial charge in [-0.3, -0.25) is 14.1 Å². The molecule has 0 fully saturated rings. The van der Waals surface area contributed by atoms with E-state index in [0.717, 1.165) is 51.4 Å². The lowest BCUT2D eigenvalue weighted by Crippen LogP contribution is -2.30. The number of unbranched alkanes of at least 4 members (excludes halogenated alkanes) is 8. The quantitative estimate of drug-likeness (QED) is 0.199. The van der Waals surface area contributed by atoms with E-state index in [0.29, 0.717) is 12.8 Å². The molecule has 0 amide bonds. The lowest BCUT2D eigenvalue weighted by atomic mass is 10.1. The number of carbonyl (C=O) groups excluding carboxylic acids is 2. The standard InChI is InChI=1S/C19H36O8S/c1-3-5-7-9-11-13-18(20)25-15-17(16-26-28(22,23)24)27-19(21)14-12-10-8-6-4-2/h17H,3-16H2,1-2H3,(H,22,23,24)/t17-/m1/s1. The number of esters is 2. The molecule has 166 valence electrons. The molecule has 0 heterocycles. The minimum absolute atomic E-state index is 0.192. The summed E-state index contributed by atoms with van der Waals surface area (Å²) in [4.78, 5) is 23.7. The molecule has 0 radical (unpaired) electrons. The fraction of sp³-hybridized carbons (Fsp3) is 0.895. The first-order chi connectivity index (χ1) is 13.3. The predicted octanol–water partition coefficient (Wildman–Crippen LogP) is 3.98. The van der Waals surface area contributed by atoms with Gasteiger partial charge in [-0.15, -0.1) is 0 Å². The van der Waals surface area contributed by atoms with Crippen LogP contribution >= 0.6 is 0 Å². The second kappa shape index (κ2) is 16.7. The highest BCUT2D eigenvalue weighted by Gasteiger charge is 2.20. The first-order valence-electron chi connectivity index (χ1n) is 10.2. The molecule has 0 spiro atoms. The summed E-state index contributed by atoms with van der Waals surface area (Å²) in [5, 5.41) is 0. The summed E-state index contributed by atoms with van der Waals surface area (Å²) in [6, 6.07) is 0. The van der Waals surface area contributed by atoms with Crippen LogP contribution in [0, 0.1) is 0 Å². The normalized spacial score (nSPS) is 12.5. The molecular weight excluding hydrogens is 388 g/mol. The van der Waals surface area contributed by atoms with Crippen LogP contribution in [0.1, 0.15) is 90.9 Å². The average Bonchev–Trinajstić information content (AvgIpc) is 2.63. The van der Waals surface area contributed by atoms with E-state index in [1.807, 2.05) is 0 Å². The van der Waals surface area contributed by atoms with Gasteiger partial charge < -0.3 is 9.47 Å². The van der Waals surface area contributed by atoms with Crippen LogP contribution in [0.25, 0.3) is 0 Å². The van der Waals surface area contributed by atoms with Crippen LogP contribution in [-0.4, -0.2) is 44.2 Å². The van der Waals surface area contributed by atoms with Crippen molar-refractivity contribution in [3.05, 3.63) is 0 Å². The van der Waals surface area contributed by atoms with Crippen molar-refractivity contribution < 1.29 is 36.2 Å². The molecule has 0 aliphatic rings. The van der Waals surface area contributed by atoms with Gasteiger partial charge in [-0.25, -0.2) is 4.18 Å². The Morgan fingerprint density at radius 3 is 1.79 bits per heavy atom. The van der Waals surface area contributed by atoms with Crippen molar-refractivity contribution >= 4 is 22.3 Å². The van der Waals surface area contributed by atoms with Crippen LogP contribution in [0.5, 0.6) is 0 Å². The lowest BCUT2D eigenvalue weighted by Gasteiger charge is -2.17. The number of ether oxygens (including phenoxy) is 2. The van der Waals surface area contributed by atoms with Crippen molar-refractivity contribution in [2.75, 3.05) is 13.2 Å². The Morgan fingerprint density at radius 2 is 1.29 bits per heavy atom. The Kier molecular flexibility index (Phi) is 16.0. The number of hydrogen-bond donors (Lipinski definition) is 1. The van der Waals surface area contributed by atoms with Gasteiger partial charge >= 0.3 is 22.3 Å². The monoisotopic (exact) mass is 424 g/mol. The third-order valence-corrected chi connectivity index (χ3v) is 4.53. The van der Waals surface area contributed by atoms with Gasteiger partial charge in [-0.05, 0) is 12.8 Å². The van der Waals surface area contributed by atoms with E-state index < -0.39 is 35.0 Å². The van der Waals surface area contributed by atoms with Crippen molar-refractivity contribution in [1.82, 2.24) is 0 Å². The van der Waals surface area contributed by atoms with Gasteiger partial charge in [0.2, 0.25) is 0 Å². The second-order valence-electron chi connectivity index (χ2n) is 6.84. The third kappa shape index (κ3) is 18.2. The largest absolute Gasteiger partial charge is 0.462 e. The molecule has 8 nitrogen and oxygen atoms in total. The maximum absolute atomic E-state index is 11.9. The van der Waals surface area contributed by atoms with Gasteiger partial charge in [0.1, 0.15) is 13.2 Å². The second-order valence-corrected chi connectivity index (χ2v) is 7.93. The molecule has 0 bridgehead atoms. The molecule has 0 aromatic rings. The summed E-state index contributed by atoms with van der Waals surface area (Å²) in [6.45, 7) is 3.28. The summed E-state index contributed by atoms with van der Waals surface area (Å²) in [5.74, 6) is -0.958. The topological polar surface area (TPSA) is 116 Å². The molecule has 28 heavy (non-hydrogen) atoms. The van der Waals surface area contributed by atoms with E-state index in [4.69, 9.17) is 14.0 Å². The summed E-state index contributed by atoms with van der Waals surface area (Å²) >= 11 is 0. The van der Waals surface area contributed by atoms with E-state index in [1.54, 1.807) is 0 Å². The Hall–Kier alpha value is -1.19. The average molecular weight is 425 g/mol. The van der Waals surface area contributed by atoms with Gasteiger partial charge in [0, 0.05) is 12.8 Å². The molecule has 0 aliphatic carbocycles. The first kappa shape index (κ1) is 26.8. The zero-order valence-electron chi connectivity index (χ0n) is 17.2. The van der Waals surface area contributed by atoms with Gasteiger partial charge in [-0.2, -0.15) is 8.42 Å². The van der Waals surface area contributed by atoms with Crippen molar-refractivity contribution in [3.8, 4) is 0 Å². The SMILES string of the molecule is CCCCCCCC(=O)OC[C@H](COS(=O)(=O)O)OC(=O)CCCCCCC. The van der Waals surface area contributed by atoms with E-state index in [9.17, 15) is 18.0 Å². The van der Waals surface area contributed by atoms with Crippen molar-refractivity contribution in [2.24, 2.45) is 0 Å². The van der Waals surface area contributed by atoms with Crippen LogP contribution in [-0.2, 0) is 33.6 Å². The van der Waals surface area contributed by atoms with E-state index in [1.165, 1.54) is 0 Å². The molecule has 0 saturated heterocycles. The maximum atomic E-state index is 11.9. The zero-order valence-corrected chi connectivity index (χ0v) is 18.0. The number of carbonyl (C=O) groups is 2. The lowest BCUT2D eigenvalue weighted by molar-refractivity contribution is -0.161. The molecule has 9 heteroatoms. The minimum atomic E-state index is -4.68. The molecule has 0 saturated carbocycles. The van der Waals surface area contributed by atoms with Crippen molar-refractivity contribution in [1.29, 1.82) is 0 Å². The summed E-state index contributed by atoms with van der Waals surface area (Å²) in [5.41, 5.74) is 0. The highest BCUT2D eigenvalue weighted by atomic mass is 32.3. The molecule has 0 unspecified atom stereocenters. The number of hydrogen-bond acceptors (Lipinski definition) is 7. The number of rotatable bonds is 18. The summed E-state index contributed by atoms with van der Waals surface area (Å²) in [6.07, 6.45) is 9.12. The van der Waals surface area contributed by atoms with Crippen LogP contribution in [0.15, 0.2) is 0 Å². The van der Waals surface area contributed by atoms with Crippen LogP contribution in [0.3, 0.4) is 0 Å². The van der Waals surface area contributed by atoms with Crippen LogP contribution < -0.4 is 0 Å². The zero-order chi connectivity index (χ0) is 21.3. The van der Waals surface area contributed by atoms with Gasteiger partial charge in [-0.1, -0.05) is 65.2 Å². The van der Waals surface area contributed by atoms with E-state index >= 15 is 0 Å². The highest BCUT2D eigenvalue weighted by Crippen LogP contribution is 2.09. The summed E-state index contributed by atoms with van der Waals surface area (Å²) in [7, 11) is -4.68. The Bertz CT molecular complexity index is 518. The molecule has 0 aromatic heterocycles. The van der Waals surface area contributed by atoms with Gasteiger partial charge in [0.25, 0.3) is 0 Å². The summed E-state index contributed by atoms with van der Waals surface area (Å²) < 4.78 is 44.7. The fourth-order valence-corrected chi connectivity index (χ4v) is 2.85. The highest BCUT2D eigenvalue weighted by molar-refractivity contribution is 7.80. The first-order valence-corrected chi connectivity index (χ1v) is 11.6. The van der Waals surface area contributed by atoms with Crippen LogP contribution in [0.2, 0.25) is 0 Å². The maximum Gasteiger partial charge on any atom is 0.397 e. The van der Waals surface area contributed by atoms with Gasteiger partial charge in [0.05, 0.1) is 0 Å². The molecule has 1 atom stereocenters. The Morgan fingerprint density at radius 1 is 0.786 bits per heavy atom.